The van der Waals surface area contributed by atoms with Crippen molar-refractivity contribution in [2.24, 2.45) is 5.92 Å². The highest BCUT2D eigenvalue weighted by Crippen LogP contribution is 2.36. The molecule has 1 N–H and O–H groups in total. The van der Waals surface area contributed by atoms with Crippen LogP contribution in [-0.2, 0) is 21.3 Å². The summed E-state index contributed by atoms with van der Waals surface area (Å²) in [5.41, 5.74) is 3.46. The summed E-state index contributed by atoms with van der Waals surface area (Å²) >= 11 is 0. The summed E-state index contributed by atoms with van der Waals surface area (Å²) in [6.45, 7) is 2.07. The molecule has 176 valence electrons. The minimum atomic E-state index is -3.67. The van der Waals surface area contributed by atoms with Crippen molar-refractivity contribution in [2.75, 3.05) is 20.4 Å². The molecule has 1 fully saturated rings. The molecule has 2 aromatic carbocycles. The van der Waals surface area contributed by atoms with E-state index >= 15 is 0 Å². The molecule has 1 saturated carbocycles. The van der Waals surface area contributed by atoms with E-state index in [1.165, 1.54) is 36.8 Å². The van der Waals surface area contributed by atoms with Crippen molar-refractivity contribution in [3.05, 3.63) is 65.2 Å². The van der Waals surface area contributed by atoms with Gasteiger partial charge in [0, 0.05) is 7.05 Å². The molecule has 3 rings (SSSR count). The first-order valence-electron chi connectivity index (χ1n) is 10.9. The van der Waals surface area contributed by atoms with Crippen LogP contribution in [0.2, 0.25) is 0 Å². The van der Waals surface area contributed by atoms with E-state index in [0.717, 1.165) is 17.7 Å². The second-order valence-electron chi connectivity index (χ2n) is 8.58. The number of nitrogens with zero attached hydrogens (tertiary/aromatic N) is 1. The third-order valence-corrected chi connectivity index (χ3v) is 5.85. The molecular formula is C25H35NO5S. The molecule has 0 spiro atoms. The zero-order valence-electron chi connectivity index (χ0n) is 19.5. The van der Waals surface area contributed by atoms with Crippen LogP contribution in [0.1, 0.15) is 54.8 Å². The van der Waals surface area contributed by atoms with Gasteiger partial charge in [0.2, 0.25) is 5.91 Å². The van der Waals surface area contributed by atoms with E-state index in [1.54, 1.807) is 7.11 Å². The number of methoxy groups -OCH3 is 1. The van der Waals surface area contributed by atoms with Crippen LogP contribution in [-0.4, -0.2) is 44.2 Å². The SMILES string of the molecule is COc1cccc(C(CC2CCCC2)N(C)C(=O)Cc2ccc(C)cc2)c1.CS(=O)(=O)O. The van der Waals surface area contributed by atoms with Crippen molar-refractivity contribution < 1.29 is 22.5 Å². The van der Waals surface area contributed by atoms with Crippen LogP contribution in [0.3, 0.4) is 0 Å². The van der Waals surface area contributed by atoms with Crippen molar-refractivity contribution in [3.63, 3.8) is 0 Å². The Labute approximate surface area is 192 Å². The summed E-state index contributed by atoms with van der Waals surface area (Å²) in [7, 11) is -0.0209. The van der Waals surface area contributed by atoms with Gasteiger partial charge in [-0.15, -0.1) is 0 Å². The Hall–Kier alpha value is -2.38. The van der Waals surface area contributed by atoms with E-state index in [0.29, 0.717) is 18.6 Å². The van der Waals surface area contributed by atoms with Crippen molar-refractivity contribution >= 4 is 16.0 Å². The van der Waals surface area contributed by atoms with Gasteiger partial charge >= 0.3 is 0 Å². The monoisotopic (exact) mass is 461 g/mol. The number of amides is 1. The molecule has 0 saturated heterocycles. The third kappa shape index (κ3) is 9.01. The largest absolute Gasteiger partial charge is 0.497 e. The molecule has 1 unspecified atom stereocenters. The second-order valence-corrected chi connectivity index (χ2v) is 10.0. The summed E-state index contributed by atoms with van der Waals surface area (Å²) < 4.78 is 31.3. The summed E-state index contributed by atoms with van der Waals surface area (Å²) in [5, 5.41) is 0. The van der Waals surface area contributed by atoms with E-state index in [2.05, 4.69) is 43.3 Å². The molecular weight excluding hydrogens is 426 g/mol. The van der Waals surface area contributed by atoms with E-state index < -0.39 is 10.1 Å². The molecule has 0 bridgehead atoms. The lowest BCUT2D eigenvalue weighted by Crippen LogP contribution is -2.33. The minimum absolute atomic E-state index is 0.0983. The normalized spacial score (nSPS) is 14.9. The summed E-state index contributed by atoms with van der Waals surface area (Å²) in [4.78, 5) is 15.0. The molecule has 0 aromatic heterocycles. The highest BCUT2D eigenvalue weighted by Gasteiger charge is 2.27. The molecule has 7 heteroatoms. The fourth-order valence-electron chi connectivity index (χ4n) is 4.11. The smallest absolute Gasteiger partial charge is 0.261 e. The number of likely N-dealkylation sites (N-methyl/N-ethyl adjacent to an activating group) is 1. The highest BCUT2D eigenvalue weighted by molar-refractivity contribution is 7.85. The Bertz CT molecular complexity index is 958. The fourth-order valence-corrected chi connectivity index (χ4v) is 4.11. The molecule has 0 radical (unpaired) electrons. The Kier molecular flexibility index (Phi) is 9.72. The van der Waals surface area contributed by atoms with Gasteiger partial charge in [-0.2, -0.15) is 8.42 Å². The van der Waals surface area contributed by atoms with Gasteiger partial charge in [0.1, 0.15) is 5.75 Å². The molecule has 2 aromatic rings. The van der Waals surface area contributed by atoms with Gasteiger partial charge in [-0.05, 0) is 42.5 Å². The average molecular weight is 462 g/mol. The number of hydrogen-bond acceptors (Lipinski definition) is 4. The van der Waals surface area contributed by atoms with Gasteiger partial charge < -0.3 is 9.64 Å². The topological polar surface area (TPSA) is 83.9 Å². The van der Waals surface area contributed by atoms with Crippen molar-refractivity contribution in [1.82, 2.24) is 4.90 Å². The lowest BCUT2D eigenvalue weighted by Gasteiger charge is -2.31. The molecule has 0 aliphatic heterocycles. The van der Waals surface area contributed by atoms with Crippen LogP contribution >= 0.6 is 0 Å². The van der Waals surface area contributed by atoms with Gasteiger partial charge in [-0.3, -0.25) is 9.35 Å². The van der Waals surface area contributed by atoms with Gasteiger partial charge in [-0.25, -0.2) is 0 Å². The summed E-state index contributed by atoms with van der Waals surface area (Å²) in [6.07, 6.45) is 7.38. The second kappa shape index (κ2) is 12.0. The Balaban J connectivity index is 0.000000654. The first kappa shape index (κ1) is 25.9. The number of benzene rings is 2. The summed E-state index contributed by atoms with van der Waals surface area (Å²) in [6, 6.07) is 16.5. The van der Waals surface area contributed by atoms with Crippen LogP contribution in [0.5, 0.6) is 5.75 Å². The van der Waals surface area contributed by atoms with Crippen LogP contribution in [0.4, 0.5) is 0 Å². The Morgan fingerprint density at radius 3 is 2.31 bits per heavy atom. The van der Waals surface area contributed by atoms with E-state index in [1.807, 2.05) is 24.1 Å². The maximum atomic E-state index is 13.0. The van der Waals surface area contributed by atoms with Gasteiger partial charge in [0.05, 0.1) is 25.8 Å². The molecule has 1 amide bonds. The molecule has 1 aliphatic carbocycles. The molecule has 6 nitrogen and oxygen atoms in total. The van der Waals surface area contributed by atoms with Gasteiger partial charge in [0.25, 0.3) is 10.1 Å². The molecule has 1 aliphatic rings. The van der Waals surface area contributed by atoms with Crippen LogP contribution < -0.4 is 4.74 Å². The van der Waals surface area contributed by atoms with Crippen molar-refractivity contribution in [3.8, 4) is 5.75 Å². The fraction of sp³-hybridized carbons (Fsp3) is 0.480. The third-order valence-electron chi connectivity index (χ3n) is 5.85. The number of hydrogen-bond donors (Lipinski definition) is 1. The Morgan fingerprint density at radius 1 is 1.16 bits per heavy atom. The number of ether oxygens (including phenoxy) is 1. The molecule has 0 heterocycles. The quantitative estimate of drug-likeness (QED) is 0.597. The zero-order chi connectivity index (χ0) is 23.7. The Morgan fingerprint density at radius 2 is 1.75 bits per heavy atom. The van der Waals surface area contributed by atoms with E-state index in [4.69, 9.17) is 9.29 Å². The standard InChI is InChI=1S/C24H31NO2.CH4O3S/c1-18-11-13-20(14-12-18)16-24(26)25(2)23(15-19-7-4-5-8-19)21-9-6-10-22(17-21)27-3;1-5(2,3)4/h6,9-14,17,19,23H,4-5,7-8,15-16H2,1-3H3;1H3,(H,2,3,4). The van der Waals surface area contributed by atoms with Crippen molar-refractivity contribution in [2.45, 2.75) is 51.5 Å². The molecule has 1 atom stereocenters. The minimum Gasteiger partial charge on any atom is -0.497 e. The highest BCUT2D eigenvalue weighted by atomic mass is 32.2. The van der Waals surface area contributed by atoms with E-state index in [9.17, 15) is 13.2 Å². The zero-order valence-corrected chi connectivity index (χ0v) is 20.3. The lowest BCUT2D eigenvalue weighted by atomic mass is 9.92. The average Bonchev–Trinajstić information content (AvgIpc) is 3.25. The summed E-state index contributed by atoms with van der Waals surface area (Å²) in [5.74, 6) is 1.73. The predicted octanol–water partition coefficient (Wildman–Crippen LogP) is 4.83. The maximum Gasteiger partial charge on any atom is 0.261 e. The lowest BCUT2D eigenvalue weighted by molar-refractivity contribution is -0.131. The van der Waals surface area contributed by atoms with Gasteiger partial charge in [-0.1, -0.05) is 67.6 Å². The van der Waals surface area contributed by atoms with Crippen LogP contribution in [0, 0.1) is 12.8 Å². The first-order valence-corrected chi connectivity index (χ1v) is 12.8. The van der Waals surface area contributed by atoms with Crippen molar-refractivity contribution in [1.29, 1.82) is 0 Å². The predicted molar refractivity (Wildman–Crippen MR) is 127 cm³/mol. The number of carbonyl (C=O) groups excluding carboxylic acids is 1. The van der Waals surface area contributed by atoms with Crippen LogP contribution in [0.25, 0.3) is 0 Å². The maximum absolute atomic E-state index is 13.0. The van der Waals surface area contributed by atoms with Gasteiger partial charge in [0.15, 0.2) is 0 Å². The number of carbonyl (C=O) groups is 1. The number of rotatable bonds is 7. The number of aryl methyl sites for hydroxylation is 1. The molecule has 32 heavy (non-hydrogen) atoms. The first-order chi connectivity index (χ1) is 15.1. The van der Waals surface area contributed by atoms with E-state index in [-0.39, 0.29) is 11.9 Å². The van der Waals surface area contributed by atoms with Crippen LogP contribution in [0.15, 0.2) is 48.5 Å².